The van der Waals surface area contributed by atoms with Gasteiger partial charge in [0.2, 0.25) is 5.95 Å². The molecule has 1 fully saturated rings. The topological polar surface area (TPSA) is 29.9 Å². The molecule has 1 aromatic rings. The largest absolute Gasteiger partial charge is 0.356 e. The van der Waals surface area contributed by atoms with Crippen LogP contribution in [0.3, 0.4) is 0 Å². The highest BCUT2D eigenvalue weighted by Gasteiger charge is 2.15. The van der Waals surface area contributed by atoms with E-state index >= 15 is 0 Å². The molecule has 0 bridgehead atoms. The average molecular weight is 243 g/mol. The van der Waals surface area contributed by atoms with Gasteiger partial charge in [0.15, 0.2) is 0 Å². The van der Waals surface area contributed by atoms with E-state index in [-0.39, 0.29) is 0 Å². The van der Waals surface area contributed by atoms with Crippen molar-refractivity contribution in [3.05, 3.63) is 12.4 Å². The molecule has 0 spiro atoms. The predicted octanol–water partition coefficient (Wildman–Crippen LogP) is 2.16. The smallest absolute Gasteiger partial charge is 0.202 e. The molecule has 15 heavy (non-hydrogen) atoms. The highest BCUT2D eigenvalue weighted by Crippen LogP contribution is 2.25. The van der Waals surface area contributed by atoms with Crippen LogP contribution >= 0.6 is 23.5 Å². The number of thioether (sulfide) groups is 2. The number of nitrogens with zero attached hydrogens (tertiary/aromatic N) is 2. The molecule has 1 N–H and O–H groups in total. The maximum absolute atomic E-state index is 4.31. The minimum atomic E-state index is 0.746. The van der Waals surface area contributed by atoms with E-state index in [1.165, 1.54) is 17.3 Å². The van der Waals surface area contributed by atoms with Gasteiger partial charge >= 0.3 is 0 Å². The van der Waals surface area contributed by atoms with E-state index in [1.807, 2.05) is 6.20 Å². The zero-order chi connectivity index (χ0) is 10.5. The molecule has 5 heteroatoms. The molecule has 2 rings (SSSR count). The SMILES string of the molecule is CCNc1nccn1CC1CSCCS1. The Kier molecular flexibility index (Phi) is 4.26. The van der Waals surface area contributed by atoms with Crippen LogP contribution in [0.15, 0.2) is 12.4 Å². The van der Waals surface area contributed by atoms with Gasteiger partial charge in [-0.1, -0.05) is 0 Å². The van der Waals surface area contributed by atoms with Crippen molar-refractivity contribution in [1.82, 2.24) is 9.55 Å². The van der Waals surface area contributed by atoms with E-state index in [9.17, 15) is 0 Å². The van der Waals surface area contributed by atoms with Gasteiger partial charge in [-0.05, 0) is 6.92 Å². The van der Waals surface area contributed by atoms with Crippen LogP contribution in [0.5, 0.6) is 0 Å². The molecule has 0 aromatic carbocycles. The van der Waals surface area contributed by atoms with Crippen LogP contribution in [0.4, 0.5) is 5.95 Å². The molecule has 2 heterocycles. The van der Waals surface area contributed by atoms with Crippen molar-refractivity contribution in [1.29, 1.82) is 0 Å². The lowest BCUT2D eigenvalue weighted by molar-refractivity contribution is 0.699. The van der Waals surface area contributed by atoms with Gasteiger partial charge in [-0.2, -0.15) is 23.5 Å². The summed E-state index contributed by atoms with van der Waals surface area (Å²) in [6, 6.07) is 0. The second-order valence-corrected chi connectivity index (χ2v) is 6.06. The summed E-state index contributed by atoms with van der Waals surface area (Å²) in [5.41, 5.74) is 0. The Labute approximate surface area is 99.4 Å². The molecule has 84 valence electrons. The second kappa shape index (κ2) is 5.70. The van der Waals surface area contributed by atoms with Crippen molar-refractivity contribution in [3.8, 4) is 0 Å². The Hall–Kier alpha value is -0.290. The molecule has 0 aliphatic carbocycles. The molecule has 1 aromatic heterocycles. The van der Waals surface area contributed by atoms with E-state index in [0.29, 0.717) is 0 Å². The fourth-order valence-electron chi connectivity index (χ4n) is 1.64. The Morgan fingerprint density at radius 2 is 2.53 bits per heavy atom. The normalized spacial score (nSPS) is 21.5. The first-order valence-electron chi connectivity index (χ1n) is 5.34. The lowest BCUT2D eigenvalue weighted by atomic mass is 10.4. The fraction of sp³-hybridized carbons (Fsp3) is 0.700. The van der Waals surface area contributed by atoms with Crippen LogP contribution in [0.25, 0.3) is 0 Å². The van der Waals surface area contributed by atoms with Crippen molar-refractivity contribution < 1.29 is 0 Å². The van der Waals surface area contributed by atoms with Gasteiger partial charge < -0.3 is 9.88 Å². The van der Waals surface area contributed by atoms with Crippen LogP contribution in [0.2, 0.25) is 0 Å². The number of hydrogen-bond acceptors (Lipinski definition) is 4. The van der Waals surface area contributed by atoms with Crippen LogP contribution in [-0.4, -0.2) is 38.6 Å². The van der Waals surface area contributed by atoms with Crippen LogP contribution in [-0.2, 0) is 6.54 Å². The van der Waals surface area contributed by atoms with E-state index in [0.717, 1.165) is 24.3 Å². The number of aromatic nitrogens is 2. The molecule has 0 radical (unpaired) electrons. The summed E-state index contributed by atoms with van der Waals surface area (Å²) in [4.78, 5) is 4.31. The maximum Gasteiger partial charge on any atom is 0.202 e. The van der Waals surface area contributed by atoms with Crippen molar-refractivity contribution in [3.63, 3.8) is 0 Å². The molecular formula is C10H17N3S2. The molecule has 1 aliphatic heterocycles. The fourth-order valence-corrected chi connectivity index (χ4v) is 4.31. The van der Waals surface area contributed by atoms with Crippen molar-refractivity contribution in [2.75, 3.05) is 29.1 Å². The third-order valence-corrected chi connectivity index (χ3v) is 5.16. The summed E-state index contributed by atoms with van der Waals surface area (Å²) in [6.45, 7) is 4.12. The van der Waals surface area contributed by atoms with E-state index in [1.54, 1.807) is 0 Å². The van der Waals surface area contributed by atoms with Crippen LogP contribution < -0.4 is 5.32 Å². The summed E-state index contributed by atoms with van der Waals surface area (Å²) in [5, 5.41) is 4.03. The highest BCUT2D eigenvalue weighted by atomic mass is 32.2. The molecular weight excluding hydrogens is 226 g/mol. The summed E-state index contributed by atoms with van der Waals surface area (Å²) in [6.07, 6.45) is 3.94. The third-order valence-electron chi connectivity index (χ3n) is 2.34. The van der Waals surface area contributed by atoms with Gasteiger partial charge in [0.05, 0.1) is 0 Å². The van der Waals surface area contributed by atoms with Crippen LogP contribution in [0.1, 0.15) is 6.92 Å². The summed E-state index contributed by atoms with van der Waals surface area (Å²) in [5.74, 6) is 4.88. The number of anilines is 1. The minimum absolute atomic E-state index is 0.746. The molecule has 0 saturated carbocycles. The monoisotopic (exact) mass is 243 g/mol. The number of rotatable bonds is 4. The predicted molar refractivity (Wildman–Crippen MR) is 70.0 cm³/mol. The number of imidazole rings is 1. The highest BCUT2D eigenvalue weighted by molar-refractivity contribution is 8.06. The van der Waals surface area contributed by atoms with Crippen molar-refractivity contribution >= 4 is 29.5 Å². The molecule has 1 saturated heterocycles. The Bertz CT molecular complexity index is 295. The first kappa shape index (κ1) is 11.2. The molecule has 3 nitrogen and oxygen atoms in total. The Morgan fingerprint density at radius 1 is 1.60 bits per heavy atom. The summed E-state index contributed by atoms with van der Waals surface area (Å²) in [7, 11) is 0. The van der Waals surface area contributed by atoms with Crippen molar-refractivity contribution in [2.45, 2.75) is 18.7 Å². The molecule has 1 unspecified atom stereocenters. The van der Waals surface area contributed by atoms with E-state index < -0.39 is 0 Å². The van der Waals surface area contributed by atoms with E-state index in [2.05, 4.69) is 51.5 Å². The zero-order valence-corrected chi connectivity index (χ0v) is 10.6. The minimum Gasteiger partial charge on any atom is -0.356 e. The van der Waals surface area contributed by atoms with Gasteiger partial charge in [0.25, 0.3) is 0 Å². The van der Waals surface area contributed by atoms with Gasteiger partial charge in [-0.15, -0.1) is 0 Å². The van der Waals surface area contributed by atoms with E-state index in [4.69, 9.17) is 0 Å². The third kappa shape index (κ3) is 3.08. The van der Waals surface area contributed by atoms with Gasteiger partial charge in [0.1, 0.15) is 0 Å². The maximum atomic E-state index is 4.31. The van der Waals surface area contributed by atoms with Gasteiger partial charge in [-0.3, -0.25) is 0 Å². The number of nitrogens with one attached hydrogen (secondary N) is 1. The quantitative estimate of drug-likeness (QED) is 0.878. The summed E-state index contributed by atoms with van der Waals surface area (Å²) < 4.78 is 2.23. The Balaban J connectivity index is 1.93. The second-order valence-electron chi connectivity index (χ2n) is 3.50. The van der Waals surface area contributed by atoms with Crippen molar-refractivity contribution in [2.24, 2.45) is 0 Å². The zero-order valence-electron chi connectivity index (χ0n) is 8.98. The Morgan fingerprint density at radius 3 is 3.27 bits per heavy atom. The summed E-state index contributed by atoms with van der Waals surface area (Å²) >= 11 is 4.16. The standard InChI is InChI=1S/C10H17N3S2/c1-2-11-10-12-3-4-13(10)7-9-8-14-5-6-15-9/h3-4,9H,2,5-8H2,1H3,(H,11,12). The van der Waals surface area contributed by atoms with Gasteiger partial charge in [-0.25, -0.2) is 4.98 Å². The molecule has 1 atom stereocenters. The first-order chi connectivity index (χ1) is 7.40. The first-order valence-corrected chi connectivity index (χ1v) is 7.55. The average Bonchev–Trinajstić information content (AvgIpc) is 2.68. The van der Waals surface area contributed by atoms with Crippen LogP contribution in [0, 0.1) is 0 Å². The van der Waals surface area contributed by atoms with Gasteiger partial charge in [0, 0.05) is 48.0 Å². The molecule has 1 aliphatic rings. The number of hydrogen-bond donors (Lipinski definition) is 1. The lowest BCUT2D eigenvalue weighted by Gasteiger charge is -2.22. The lowest BCUT2D eigenvalue weighted by Crippen LogP contribution is -2.21. The molecule has 0 amide bonds.